The van der Waals surface area contributed by atoms with Gasteiger partial charge in [-0.25, -0.2) is 0 Å². The molecule has 1 saturated heterocycles. The van der Waals surface area contributed by atoms with Crippen molar-refractivity contribution in [3.8, 4) is 5.75 Å². The van der Waals surface area contributed by atoms with Crippen LogP contribution in [0.15, 0.2) is 47.4 Å². The first-order valence-corrected chi connectivity index (χ1v) is 9.65. The molecule has 1 fully saturated rings. The number of hydrogen-bond acceptors (Lipinski definition) is 4. The predicted molar refractivity (Wildman–Crippen MR) is 104 cm³/mol. The molecular weight excluding hydrogens is 399 g/mol. The summed E-state index contributed by atoms with van der Waals surface area (Å²) in [5.41, 5.74) is -1.47. The number of hydrogen-bond donors (Lipinski definition) is 1. The average Bonchev–Trinajstić information content (AvgIpc) is 2.67. The average molecular weight is 421 g/mol. The maximum absolute atomic E-state index is 13.6. The van der Waals surface area contributed by atoms with Crippen LogP contribution in [0.5, 0.6) is 5.75 Å². The lowest BCUT2D eigenvalue weighted by atomic mass is 9.69. The molecule has 160 valence electrons. The number of aromatic hydroxyl groups is 1. The van der Waals surface area contributed by atoms with Crippen molar-refractivity contribution in [2.75, 3.05) is 12.1 Å². The van der Waals surface area contributed by atoms with Crippen molar-refractivity contribution in [1.29, 1.82) is 0 Å². The molecule has 0 saturated carbocycles. The van der Waals surface area contributed by atoms with Crippen molar-refractivity contribution in [2.24, 2.45) is 5.41 Å². The molecule has 2 aliphatic rings. The van der Waals surface area contributed by atoms with Gasteiger partial charge < -0.3 is 10.0 Å². The van der Waals surface area contributed by atoms with Crippen LogP contribution in [0.1, 0.15) is 48.3 Å². The molecule has 0 radical (unpaired) electrons. The molecule has 1 aromatic carbocycles. The van der Waals surface area contributed by atoms with E-state index in [0.717, 1.165) is 6.07 Å². The Kier molecular flexibility index (Phi) is 4.59. The molecule has 30 heavy (non-hydrogen) atoms. The molecule has 1 N–H and O–H groups in total. The minimum atomic E-state index is -4.37. The van der Waals surface area contributed by atoms with Crippen molar-refractivity contribution < 1.29 is 23.1 Å². The van der Waals surface area contributed by atoms with E-state index < -0.39 is 47.3 Å². The lowest BCUT2D eigenvalue weighted by Gasteiger charge is -2.57. The topological polar surface area (TPSA) is 65.8 Å². The Bertz CT molecular complexity index is 1040. The molecule has 2 aliphatic heterocycles. The molecule has 0 spiro atoms. The summed E-state index contributed by atoms with van der Waals surface area (Å²) in [7, 11) is 1.54. The molecule has 0 bridgehead atoms. The van der Waals surface area contributed by atoms with Crippen molar-refractivity contribution in [1.82, 2.24) is 9.58 Å². The summed E-state index contributed by atoms with van der Waals surface area (Å²) < 4.78 is 42.1. The third-order valence-corrected chi connectivity index (χ3v) is 6.20. The SMILES string of the molecule is CN1C(=O)c2c(O)c(=O)ccn2N2C1CCC(C)(CC(F)(F)F)C2c1ccccc1. The van der Waals surface area contributed by atoms with Crippen LogP contribution in [0.25, 0.3) is 0 Å². The van der Waals surface area contributed by atoms with Crippen molar-refractivity contribution in [3.63, 3.8) is 0 Å². The van der Waals surface area contributed by atoms with Crippen LogP contribution < -0.4 is 10.4 Å². The quantitative estimate of drug-likeness (QED) is 0.807. The van der Waals surface area contributed by atoms with E-state index in [1.54, 1.807) is 42.3 Å². The Labute approximate surface area is 171 Å². The van der Waals surface area contributed by atoms with Crippen LogP contribution in [-0.2, 0) is 0 Å². The zero-order chi connectivity index (χ0) is 21.8. The van der Waals surface area contributed by atoms with E-state index in [0.29, 0.717) is 12.0 Å². The number of fused-ring (bicyclic) bond motifs is 3. The standard InChI is InChI=1S/C21H22F3N3O3/c1-20(12-21(22,23)24)10-8-15-25(2)19(30)16-17(29)14(28)9-11-26(16)27(15)18(20)13-6-4-3-5-7-13/h3-7,9,11,15,18,29H,8,10,12H2,1-2H3. The first-order chi connectivity index (χ1) is 14.0. The number of nitrogens with zero attached hydrogens (tertiary/aromatic N) is 3. The highest BCUT2D eigenvalue weighted by Crippen LogP contribution is 2.53. The van der Waals surface area contributed by atoms with Gasteiger partial charge in [0.1, 0.15) is 6.17 Å². The Hall–Kier alpha value is -2.97. The van der Waals surface area contributed by atoms with Crippen LogP contribution >= 0.6 is 0 Å². The maximum Gasteiger partial charge on any atom is 0.389 e. The van der Waals surface area contributed by atoms with Gasteiger partial charge in [-0.1, -0.05) is 37.3 Å². The fourth-order valence-corrected chi connectivity index (χ4v) is 4.90. The second-order valence-electron chi connectivity index (χ2n) is 8.30. The third-order valence-electron chi connectivity index (χ3n) is 6.20. The van der Waals surface area contributed by atoms with Gasteiger partial charge >= 0.3 is 6.18 Å². The van der Waals surface area contributed by atoms with Gasteiger partial charge in [-0.2, -0.15) is 13.2 Å². The number of aromatic nitrogens is 1. The van der Waals surface area contributed by atoms with E-state index in [1.165, 1.54) is 22.8 Å². The molecule has 1 amide bonds. The first kappa shape index (κ1) is 20.3. The van der Waals surface area contributed by atoms with Crippen LogP contribution in [0, 0.1) is 5.41 Å². The molecule has 4 rings (SSSR count). The minimum absolute atomic E-state index is 0.238. The predicted octanol–water partition coefficient (Wildman–Crippen LogP) is 3.40. The van der Waals surface area contributed by atoms with E-state index in [1.807, 2.05) is 0 Å². The van der Waals surface area contributed by atoms with Gasteiger partial charge in [0.25, 0.3) is 5.91 Å². The number of piperidine rings is 1. The molecule has 1 aromatic heterocycles. The number of halogens is 3. The molecular formula is C21H22F3N3O3. The fourth-order valence-electron chi connectivity index (χ4n) is 4.90. The Balaban J connectivity index is 1.96. The molecule has 3 unspecified atom stereocenters. The molecule has 9 heteroatoms. The largest absolute Gasteiger partial charge is 0.502 e. The highest BCUT2D eigenvalue weighted by molar-refractivity contribution is 5.96. The number of carbonyl (C=O) groups is 1. The second kappa shape index (κ2) is 6.78. The van der Waals surface area contributed by atoms with E-state index in [9.17, 15) is 27.9 Å². The number of amides is 1. The summed E-state index contributed by atoms with van der Waals surface area (Å²) in [6, 6.07) is 9.21. The van der Waals surface area contributed by atoms with Crippen LogP contribution in [0.3, 0.4) is 0 Å². The number of alkyl halides is 3. The van der Waals surface area contributed by atoms with Crippen LogP contribution in [0.2, 0.25) is 0 Å². The van der Waals surface area contributed by atoms with Crippen LogP contribution in [-0.4, -0.2) is 40.0 Å². The molecule has 3 atom stereocenters. The zero-order valence-corrected chi connectivity index (χ0v) is 16.6. The third kappa shape index (κ3) is 3.12. The first-order valence-electron chi connectivity index (χ1n) is 9.65. The Morgan fingerprint density at radius 1 is 1.17 bits per heavy atom. The van der Waals surface area contributed by atoms with Gasteiger partial charge in [-0.05, 0) is 18.4 Å². The van der Waals surface area contributed by atoms with Gasteiger partial charge in [-0.15, -0.1) is 0 Å². The number of benzene rings is 1. The normalized spacial score (nSPS) is 26.4. The number of rotatable bonds is 2. The highest BCUT2D eigenvalue weighted by atomic mass is 19.4. The summed E-state index contributed by atoms with van der Waals surface area (Å²) in [6.45, 7) is 1.60. The minimum Gasteiger partial charge on any atom is -0.502 e. The fraction of sp³-hybridized carbons (Fsp3) is 0.429. The van der Waals surface area contributed by atoms with Gasteiger partial charge in [-0.3, -0.25) is 19.3 Å². The van der Waals surface area contributed by atoms with E-state index >= 15 is 0 Å². The molecule has 3 heterocycles. The van der Waals surface area contributed by atoms with E-state index in [-0.39, 0.29) is 12.1 Å². The van der Waals surface area contributed by atoms with Crippen molar-refractivity contribution in [3.05, 3.63) is 64.1 Å². The molecule has 2 aromatic rings. The Morgan fingerprint density at radius 3 is 2.47 bits per heavy atom. The van der Waals surface area contributed by atoms with E-state index in [2.05, 4.69) is 0 Å². The zero-order valence-electron chi connectivity index (χ0n) is 16.6. The summed E-state index contributed by atoms with van der Waals surface area (Å²) in [5.74, 6) is -1.25. The summed E-state index contributed by atoms with van der Waals surface area (Å²) in [4.78, 5) is 26.2. The van der Waals surface area contributed by atoms with Crippen molar-refractivity contribution in [2.45, 2.75) is 44.6 Å². The second-order valence-corrected chi connectivity index (χ2v) is 8.30. The molecule has 6 nitrogen and oxygen atoms in total. The summed E-state index contributed by atoms with van der Waals surface area (Å²) >= 11 is 0. The summed E-state index contributed by atoms with van der Waals surface area (Å²) in [5, 5.41) is 12.0. The smallest absolute Gasteiger partial charge is 0.389 e. The Morgan fingerprint density at radius 2 is 1.83 bits per heavy atom. The number of pyridine rings is 1. The van der Waals surface area contributed by atoms with Crippen LogP contribution in [0.4, 0.5) is 13.2 Å². The number of carbonyl (C=O) groups excluding carboxylic acids is 1. The van der Waals surface area contributed by atoms with Crippen molar-refractivity contribution >= 4 is 5.91 Å². The van der Waals surface area contributed by atoms with Gasteiger partial charge in [0.2, 0.25) is 5.43 Å². The lowest BCUT2D eigenvalue weighted by Crippen LogP contribution is -2.66. The molecule has 0 aliphatic carbocycles. The monoisotopic (exact) mass is 421 g/mol. The van der Waals surface area contributed by atoms with E-state index in [4.69, 9.17) is 0 Å². The highest BCUT2D eigenvalue weighted by Gasteiger charge is 2.54. The van der Waals surface area contributed by atoms with Gasteiger partial charge in [0, 0.05) is 24.7 Å². The van der Waals surface area contributed by atoms with Gasteiger partial charge in [0.05, 0.1) is 12.5 Å². The van der Waals surface area contributed by atoms with Gasteiger partial charge in [0.15, 0.2) is 11.4 Å². The summed E-state index contributed by atoms with van der Waals surface area (Å²) in [6.07, 6.45) is -3.96. The lowest BCUT2D eigenvalue weighted by molar-refractivity contribution is -0.165. The maximum atomic E-state index is 13.6.